The van der Waals surface area contributed by atoms with Crippen LogP contribution in [0.3, 0.4) is 0 Å². The van der Waals surface area contributed by atoms with Crippen molar-refractivity contribution >= 4 is 27.1 Å². The van der Waals surface area contributed by atoms with Gasteiger partial charge in [0.15, 0.2) is 5.75 Å². The van der Waals surface area contributed by atoms with Gasteiger partial charge in [-0.25, -0.2) is 4.79 Å². The molecule has 0 radical (unpaired) electrons. The summed E-state index contributed by atoms with van der Waals surface area (Å²) in [6.07, 6.45) is 0. The Morgan fingerprint density at radius 2 is 1.95 bits per heavy atom. The number of halogens is 3. The number of benzene rings is 1. The monoisotopic (exact) mass is 324 g/mol. The Balaban J connectivity index is 2.64. The number of alkyl halides is 3. The third kappa shape index (κ3) is 2.53. The minimum Gasteiger partial charge on any atom is -0.475 e. The topological polar surface area (TPSA) is 93.8 Å². The van der Waals surface area contributed by atoms with Crippen LogP contribution >= 0.6 is 0 Å². The lowest BCUT2D eigenvalue weighted by Crippen LogP contribution is -2.28. The van der Waals surface area contributed by atoms with Crippen molar-refractivity contribution in [3.05, 3.63) is 29.5 Å². The maximum Gasteiger partial charge on any atom is 0.534 e. The molecule has 0 amide bonds. The van der Waals surface area contributed by atoms with Crippen LogP contribution in [0.4, 0.5) is 13.2 Å². The van der Waals surface area contributed by atoms with Crippen LogP contribution in [0.5, 0.6) is 5.75 Å². The molecule has 1 aromatic heterocycles. The first-order chi connectivity index (χ1) is 9.54. The van der Waals surface area contributed by atoms with Gasteiger partial charge in [-0.1, -0.05) is 6.07 Å². The van der Waals surface area contributed by atoms with Crippen LogP contribution in [0.15, 0.2) is 22.6 Å². The Labute approximate surface area is 115 Å². The Bertz CT molecular complexity index is 818. The van der Waals surface area contributed by atoms with Crippen molar-refractivity contribution in [1.82, 2.24) is 0 Å². The molecule has 0 spiro atoms. The highest BCUT2D eigenvalue weighted by Crippen LogP contribution is 2.36. The number of fused-ring (bicyclic) bond motifs is 1. The molecule has 0 saturated carbocycles. The zero-order valence-electron chi connectivity index (χ0n) is 10.3. The summed E-state index contributed by atoms with van der Waals surface area (Å²) >= 11 is 0. The molecule has 0 atom stereocenters. The molecule has 0 fully saturated rings. The van der Waals surface area contributed by atoms with Crippen molar-refractivity contribution in [2.75, 3.05) is 0 Å². The van der Waals surface area contributed by atoms with Crippen LogP contribution in [-0.4, -0.2) is 25.0 Å². The fourth-order valence-corrected chi connectivity index (χ4v) is 2.17. The smallest absolute Gasteiger partial charge is 0.475 e. The molecule has 1 N–H and O–H groups in total. The first kappa shape index (κ1) is 15.2. The van der Waals surface area contributed by atoms with Crippen molar-refractivity contribution in [2.24, 2.45) is 0 Å². The summed E-state index contributed by atoms with van der Waals surface area (Å²) in [5, 5.41) is 8.74. The Hall–Kier alpha value is -2.23. The van der Waals surface area contributed by atoms with Gasteiger partial charge in [0.25, 0.3) is 0 Å². The van der Waals surface area contributed by atoms with Gasteiger partial charge in [0.1, 0.15) is 5.58 Å². The van der Waals surface area contributed by atoms with E-state index in [-0.39, 0.29) is 16.5 Å². The number of aryl methyl sites for hydroxylation is 1. The highest BCUT2D eigenvalue weighted by molar-refractivity contribution is 7.88. The molecule has 0 bridgehead atoms. The van der Waals surface area contributed by atoms with E-state index in [4.69, 9.17) is 9.52 Å². The third-order valence-electron chi connectivity index (χ3n) is 2.59. The molecule has 0 unspecified atom stereocenters. The van der Waals surface area contributed by atoms with Gasteiger partial charge in [0.05, 0.1) is 5.39 Å². The summed E-state index contributed by atoms with van der Waals surface area (Å²) in [6.45, 7) is 1.27. The summed E-state index contributed by atoms with van der Waals surface area (Å²) in [6, 6.07) is 3.43. The van der Waals surface area contributed by atoms with E-state index in [0.29, 0.717) is 0 Å². The zero-order chi connectivity index (χ0) is 16.0. The number of rotatable bonds is 3. The quantitative estimate of drug-likeness (QED) is 0.689. The van der Waals surface area contributed by atoms with Crippen LogP contribution in [0.25, 0.3) is 11.0 Å². The number of hydrogen-bond acceptors (Lipinski definition) is 5. The maximum absolute atomic E-state index is 12.3. The summed E-state index contributed by atoms with van der Waals surface area (Å²) < 4.78 is 68.0. The second-order valence-corrected chi connectivity index (χ2v) is 5.51. The van der Waals surface area contributed by atoms with Gasteiger partial charge in [-0.15, -0.1) is 0 Å². The molecule has 1 heterocycles. The van der Waals surface area contributed by atoms with Gasteiger partial charge in [-0.3, -0.25) is 0 Å². The van der Waals surface area contributed by atoms with E-state index in [1.807, 2.05) is 0 Å². The Morgan fingerprint density at radius 3 is 2.48 bits per heavy atom. The number of hydrogen-bond donors (Lipinski definition) is 1. The van der Waals surface area contributed by atoms with Gasteiger partial charge in [-0.2, -0.15) is 21.6 Å². The Kier molecular flexibility index (Phi) is 3.36. The molecule has 0 aliphatic heterocycles. The summed E-state index contributed by atoms with van der Waals surface area (Å²) in [5.41, 5.74) is -5.73. The molecule has 0 aliphatic rings. The van der Waals surface area contributed by atoms with Gasteiger partial charge in [0, 0.05) is 5.56 Å². The lowest BCUT2D eigenvalue weighted by Gasteiger charge is -2.10. The van der Waals surface area contributed by atoms with E-state index in [1.54, 1.807) is 0 Å². The largest absolute Gasteiger partial charge is 0.534 e. The number of carbonyl (C=O) groups is 1. The molecular formula is C11H7F3O6S. The first-order valence-corrected chi connectivity index (χ1v) is 6.71. The number of carboxylic acids is 1. The van der Waals surface area contributed by atoms with Crippen LogP contribution in [0.2, 0.25) is 0 Å². The summed E-state index contributed by atoms with van der Waals surface area (Å²) in [7, 11) is -5.86. The highest BCUT2D eigenvalue weighted by Gasteiger charge is 2.48. The normalized spacial score (nSPS) is 12.6. The van der Waals surface area contributed by atoms with Gasteiger partial charge in [0.2, 0.25) is 5.76 Å². The van der Waals surface area contributed by atoms with Crippen molar-refractivity contribution in [3.63, 3.8) is 0 Å². The fourth-order valence-electron chi connectivity index (χ4n) is 1.70. The number of carboxylic acid groups (broad SMARTS) is 1. The van der Waals surface area contributed by atoms with Gasteiger partial charge >= 0.3 is 21.6 Å². The molecule has 1 aromatic carbocycles. The predicted octanol–water partition coefficient (Wildman–Crippen LogP) is 2.67. The second-order valence-electron chi connectivity index (χ2n) is 3.97. The average molecular weight is 324 g/mol. The standard InChI is InChI=1S/C11H7F3O6S/c1-5-8-6(19-9(5)10(15)16)3-2-4-7(8)20-21(17,18)11(12,13)14/h2-4H,1H3,(H,15,16). The van der Waals surface area contributed by atoms with E-state index in [0.717, 1.165) is 6.07 Å². The van der Waals surface area contributed by atoms with E-state index in [2.05, 4.69) is 4.18 Å². The molecule has 0 aliphatic carbocycles. The number of furan rings is 1. The van der Waals surface area contributed by atoms with E-state index in [9.17, 15) is 26.4 Å². The lowest BCUT2D eigenvalue weighted by atomic mass is 10.1. The lowest BCUT2D eigenvalue weighted by molar-refractivity contribution is -0.0499. The second kappa shape index (κ2) is 4.65. The summed E-state index contributed by atoms with van der Waals surface area (Å²) in [5.74, 6) is -2.60. The van der Waals surface area contributed by atoms with E-state index in [1.165, 1.54) is 19.1 Å². The van der Waals surface area contributed by atoms with Gasteiger partial charge in [-0.05, 0) is 19.1 Å². The van der Waals surface area contributed by atoms with Crippen molar-refractivity contribution in [2.45, 2.75) is 12.4 Å². The Morgan fingerprint density at radius 1 is 1.33 bits per heavy atom. The van der Waals surface area contributed by atoms with Crippen molar-refractivity contribution < 1.29 is 40.1 Å². The van der Waals surface area contributed by atoms with Crippen molar-refractivity contribution in [3.8, 4) is 5.75 Å². The van der Waals surface area contributed by atoms with E-state index < -0.39 is 33.1 Å². The molecule has 2 aromatic rings. The minimum atomic E-state index is -5.86. The molecule has 21 heavy (non-hydrogen) atoms. The van der Waals surface area contributed by atoms with Crippen LogP contribution in [0, 0.1) is 6.92 Å². The SMILES string of the molecule is Cc1c(C(=O)O)oc2cccc(OS(=O)(=O)C(F)(F)F)c12. The molecule has 6 nitrogen and oxygen atoms in total. The summed E-state index contributed by atoms with van der Waals surface area (Å²) in [4.78, 5) is 10.9. The van der Waals surface area contributed by atoms with Crippen molar-refractivity contribution in [1.29, 1.82) is 0 Å². The fraction of sp³-hybridized carbons (Fsp3) is 0.182. The van der Waals surface area contributed by atoms with Gasteiger partial charge < -0.3 is 13.7 Å². The highest BCUT2D eigenvalue weighted by atomic mass is 32.2. The number of aromatic carboxylic acids is 1. The molecule has 0 saturated heterocycles. The average Bonchev–Trinajstić information content (AvgIpc) is 2.66. The molecular weight excluding hydrogens is 317 g/mol. The first-order valence-electron chi connectivity index (χ1n) is 5.31. The molecule has 2 rings (SSSR count). The molecule has 114 valence electrons. The zero-order valence-corrected chi connectivity index (χ0v) is 11.1. The predicted molar refractivity (Wildman–Crippen MR) is 63.5 cm³/mol. The van der Waals surface area contributed by atoms with Crippen LogP contribution < -0.4 is 4.18 Å². The minimum absolute atomic E-state index is 0.0366. The van der Waals surface area contributed by atoms with Crippen LogP contribution in [0.1, 0.15) is 16.1 Å². The maximum atomic E-state index is 12.3. The van der Waals surface area contributed by atoms with E-state index >= 15 is 0 Å². The third-order valence-corrected chi connectivity index (χ3v) is 3.56. The molecule has 10 heteroatoms. The van der Waals surface area contributed by atoms with Crippen LogP contribution in [-0.2, 0) is 10.1 Å².